The Kier molecular flexibility index (Phi) is 7.96. The second kappa shape index (κ2) is 11.7. The van der Waals surface area contributed by atoms with Gasteiger partial charge in [-0.05, 0) is 47.6 Å². The van der Waals surface area contributed by atoms with Gasteiger partial charge in [0.2, 0.25) is 11.8 Å². The molecule has 0 bridgehead atoms. The number of amides is 1. The van der Waals surface area contributed by atoms with Gasteiger partial charge in [-0.3, -0.25) is 4.79 Å². The van der Waals surface area contributed by atoms with Gasteiger partial charge in [0.15, 0.2) is 0 Å². The predicted octanol–water partition coefficient (Wildman–Crippen LogP) is 7.33. The first kappa shape index (κ1) is 26.5. The number of alkyl halides is 2. The minimum absolute atomic E-state index is 0.0415. The molecule has 7 heteroatoms. The Labute approximate surface area is 227 Å². The van der Waals surface area contributed by atoms with Crippen LogP contribution >= 0.6 is 0 Å². The van der Waals surface area contributed by atoms with E-state index in [9.17, 15) is 13.6 Å². The molecule has 1 heterocycles. The summed E-state index contributed by atoms with van der Waals surface area (Å²) in [4.78, 5) is 21.4. The summed E-state index contributed by atoms with van der Waals surface area (Å²) in [5.74, 6) is -1.94. The minimum Gasteiger partial charge on any atom is -0.476 e. The van der Waals surface area contributed by atoms with E-state index >= 15 is 0 Å². The molecule has 3 aromatic carbocycles. The Morgan fingerprint density at radius 1 is 0.974 bits per heavy atom. The molecule has 4 aromatic rings. The van der Waals surface area contributed by atoms with E-state index in [1.165, 1.54) is 43.0 Å². The largest absolute Gasteiger partial charge is 0.476 e. The van der Waals surface area contributed by atoms with Gasteiger partial charge in [-0.15, -0.1) is 0 Å². The molecule has 0 radical (unpaired) electrons. The van der Waals surface area contributed by atoms with Crippen molar-refractivity contribution in [3.05, 3.63) is 107 Å². The zero-order valence-electron chi connectivity index (χ0n) is 21.9. The second-order valence-corrected chi connectivity index (χ2v) is 9.84. The molecule has 0 aliphatic heterocycles. The van der Waals surface area contributed by atoms with Gasteiger partial charge in [-0.1, -0.05) is 67.6 Å². The summed E-state index contributed by atoms with van der Waals surface area (Å²) in [6.07, 6.45) is 6.39. The molecule has 0 unspecified atom stereocenters. The number of carbonyl (C=O) groups is 1. The van der Waals surface area contributed by atoms with E-state index < -0.39 is 5.92 Å². The van der Waals surface area contributed by atoms with Crippen molar-refractivity contribution in [3.8, 4) is 17.1 Å². The van der Waals surface area contributed by atoms with Crippen LogP contribution in [0.3, 0.4) is 0 Å². The van der Waals surface area contributed by atoms with Crippen molar-refractivity contribution in [2.45, 2.75) is 50.9 Å². The van der Waals surface area contributed by atoms with E-state index in [1.807, 2.05) is 12.1 Å². The molecule has 0 spiro atoms. The van der Waals surface area contributed by atoms with Gasteiger partial charge in [-0.2, -0.15) is 0 Å². The molecular weight excluding hydrogens is 496 g/mol. The molecule has 5 nitrogen and oxygen atoms in total. The first-order chi connectivity index (χ1) is 18.9. The Morgan fingerprint density at radius 3 is 2.41 bits per heavy atom. The number of aromatic nitrogens is 2. The highest BCUT2D eigenvalue weighted by molar-refractivity contribution is 5.92. The smallest absolute Gasteiger partial charge is 0.273 e. The molecule has 0 atom stereocenters. The number of ether oxygens (including phenoxy) is 1. The first-order valence-corrected chi connectivity index (χ1v) is 13.3. The lowest BCUT2D eigenvalue weighted by Crippen LogP contribution is -2.15. The topological polar surface area (TPSA) is 64.1 Å². The Morgan fingerprint density at radius 2 is 1.69 bits per heavy atom. The third kappa shape index (κ3) is 6.66. The SMILES string of the molecule is CCC(F)(F)c1ccc(CC(=O)Nc2ccc(-c3nccnc3OCCc3ccccc3C3CC3)cc2)cc1. The Hall–Kier alpha value is -4.13. The number of benzene rings is 3. The number of halogens is 2. The molecule has 1 aliphatic carbocycles. The summed E-state index contributed by atoms with van der Waals surface area (Å²) < 4.78 is 33.7. The van der Waals surface area contributed by atoms with Crippen molar-refractivity contribution in [1.29, 1.82) is 0 Å². The van der Waals surface area contributed by atoms with Crippen LogP contribution in [0.1, 0.15) is 54.4 Å². The van der Waals surface area contributed by atoms with Gasteiger partial charge in [0, 0.05) is 42.0 Å². The highest BCUT2D eigenvalue weighted by Gasteiger charge is 2.28. The van der Waals surface area contributed by atoms with Crippen LogP contribution in [-0.2, 0) is 23.6 Å². The first-order valence-electron chi connectivity index (χ1n) is 13.3. The summed E-state index contributed by atoms with van der Waals surface area (Å²) in [5.41, 5.74) is 5.45. The van der Waals surface area contributed by atoms with Crippen molar-refractivity contribution < 1.29 is 18.3 Å². The predicted molar refractivity (Wildman–Crippen MR) is 148 cm³/mol. The maximum atomic E-state index is 13.8. The van der Waals surface area contributed by atoms with Gasteiger partial charge in [0.05, 0.1) is 13.0 Å². The van der Waals surface area contributed by atoms with Crippen molar-refractivity contribution in [2.24, 2.45) is 0 Å². The maximum Gasteiger partial charge on any atom is 0.273 e. The fraction of sp³-hybridized carbons (Fsp3) is 0.281. The highest BCUT2D eigenvalue weighted by Crippen LogP contribution is 2.41. The van der Waals surface area contributed by atoms with Crippen LogP contribution in [0.2, 0.25) is 0 Å². The van der Waals surface area contributed by atoms with Gasteiger partial charge in [-0.25, -0.2) is 18.7 Å². The molecule has 0 saturated heterocycles. The normalized spacial score (nSPS) is 13.2. The molecule has 5 rings (SSSR count). The lowest BCUT2D eigenvalue weighted by atomic mass is 10.0. The van der Waals surface area contributed by atoms with Crippen LogP contribution in [0.25, 0.3) is 11.3 Å². The van der Waals surface area contributed by atoms with Crippen molar-refractivity contribution in [1.82, 2.24) is 9.97 Å². The van der Waals surface area contributed by atoms with Gasteiger partial charge in [0.25, 0.3) is 5.92 Å². The van der Waals surface area contributed by atoms with E-state index in [-0.39, 0.29) is 24.3 Å². The second-order valence-electron chi connectivity index (χ2n) is 9.84. The van der Waals surface area contributed by atoms with Crippen LogP contribution in [0.5, 0.6) is 5.88 Å². The number of nitrogens with zero attached hydrogens (tertiary/aromatic N) is 2. The van der Waals surface area contributed by atoms with E-state index in [0.29, 0.717) is 35.3 Å². The van der Waals surface area contributed by atoms with Crippen LogP contribution in [-0.4, -0.2) is 22.5 Å². The number of rotatable bonds is 11. The zero-order chi connectivity index (χ0) is 27.2. The van der Waals surface area contributed by atoms with E-state index in [1.54, 1.807) is 36.7 Å². The average molecular weight is 528 g/mol. The lowest BCUT2D eigenvalue weighted by molar-refractivity contribution is -0.115. The minimum atomic E-state index is -2.86. The number of hydrogen-bond donors (Lipinski definition) is 1. The summed E-state index contributed by atoms with van der Waals surface area (Å²) in [6, 6.07) is 21.8. The molecule has 39 heavy (non-hydrogen) atoms. The fourth-order valence-electron chi connectivity index (χ4n) is 4.61. The molecule has 1 aliphatic rings. The standard InChI is InChI=1S/C32H31F2N3O2/c1-2-32(33,34)26-13-7-22(8-14-26)21-29(38)37-27-15-11-25(12-16-27)30-31(36-19-18-35-30)39-20-17-23-5-3-4-6-28(23)24-9-10-24/h3-8,11-16,18-19,24H,2,9-10,17,20-21H2,1H3,(H,37,38). The van der Waals surface area contributed by atoms with Gasteiger partial charge < -0.3 is 10.1 Å². The number of nitrogens with one attached hydrogen (secondary N) is 1. The zero-order valence-corrected chi connectivity index (χ0v) is 21.9. The molecule has 200 valence electrons. The average Bonchev–Trinajstić information content (AvgIpc) is 3.80. The summed E-state index contributed by atoms with van der Waals surface area (Å²) in [5, 5.41) is 2.86. The monoisotopic (exact) mass is 527 g/mol. The Bertz CT molecular complexity index is 1420. The molecule has 1 amide bonds. The molecule has 1 fully saturated rings. The van der Waals surface area contributed by atoms with Crippen LogP contribution in [0.4, 0.5) is 14.5 Å². The third-order valence-corrected chi connectivity index (χ3v) is 6.97. The highest BCUT2D eigenvalue weighted by atomic mass is 19.3. The van der Waals surface area contributed by atoms with Crippen molar-refractivity contribution in [2.75, 3.05) is 11.9 Å². The number of anilines is 1. The molecule has 1 N–H and O–H groups in total. The molecular formula is C32H31F2N3O2. The van der Waals surface area contributed by atoms with Crippen molar-refractivity contribution in [3.63, 3.8) is 0 Å². The summed E-state index contributed by atoms with van der Waals surface area (Å²) in [6.45, 7) is 1.95. The molecule has 1 saturated carbocycles. The van der Waals surface area contributed by atoms with Crippen LogP contribution < -0.4 is 10.1 Å². The third-order valence-electron chi connectivity index (χ3n) is 6.97. The van der Waals surface area contributed by atoms with Crippen LogP contribution in [0.15, 0.2) is 85.2 Å². The summed E-state index contributed by atoms with van der Waals surface area (Å²) >= 11 is 0. The number of hydrogen-bond acceptors (Lipinski definition) is 4. The Balaban J connectivity index is 1.18. The maximum absolute atomic E-state index is 13.8. The van der Waals surface area contributed by atoms with Crippen LogP contribution in [0, 0.1) is 0 Å². The molecule has 1 aromatic heterocycles. The van der Waals surface area contributed by atoms with Gasteiger partial charge in [0.1, 0.15) is 5.69 Å². The number of carbonyl (C=O) groups excluding carboxylic acids is 1. The van der Waals surface area contributed by atoms with E-state index in [0.717, 1.165) is 12.0 Å². The fourth-order valence-corrected chi connectivity index (χ4v) is 4.61. The van der Waals surface area contributed by atoms with E-state index in [4.69, 9.17) is 4.74 Å². The quantitative estimate of drug-likeness (QED) is 0.222. The summed E-state index contributed by atoms with van der Waals surface area (Å²) in [7, 11) is 0. The van der Waals surface area contributed by atoms with Crippen molar-refractivity contribution >= 4 is 11.6 Å². The van der Waals surface area contributed by atoms with E-state index in [2.05, 4.69) is 39.6 Å². The lowest BCUT2D eigenvalue weighted by Gasteiger charge is -2.14. The van der Waals surface area contributed by atoms with Gasteiger partial charge >= 0.3 is 0 Å².